The van der Waals surface area contributed by atoms with Crippen LogP contribution in [0.2, 0.25) is 0 Å². The Hall–Kier alpha value is -1.44. The van der Waals surface area contributed by atoms with E-state index in [0.29, 0.717) is 18.2 Å². The van der Waals surface area contributed by atoms with Gasteiger partial charge in [-0.05, 0) is 30.4 Å². The Morgan fingerprint density at radius 1 is 1.19 bits per heavy atom. The van der Waals surface area contributed by atoms with E-state index in [2.05, 4.69) is 17.0 Å². The number of carboxylic acid groups (broad SMARTS) is 1. The maximum Gasteiger partial charge on any atom is 0.318 e. The zero-order valence-electron chi connectivity index (χ0n) is 15.4. The van der Waals surface area contributed by atoms with Crippen molar-refractivity contribution in [2.24, 2.45) is 5.92 Å². The molecular weight excluding hydrogens is 352 g/mol. The van der Waals surface area contributed by atoms with Crippen molar-refractivity contribution in [3.8, 4) is 0 Å². The molecule has 7 heteroatoms. The van der Waals surface area contributed by atoms with E-state index < -0.39 is 22.5 Å². The predicted octanol–water partition coefficient (Wildman–Crippen LogP) is 2.64. The van der Waals surface area contributed by atoms with Gasteiger partial charge in [-0.2, -0.15) is 0 Å². The van der Waals surface area contributed by atoms with Gasteiger partial charge >= 0.3 is 5.97 Å². The van der Waals surface area contributed by atoms with Crippen LogP contribution in [0.15, 0.2) is 24.3 Å². The maximum atomic E-state index is 12.1. The monoisotopic (exact) mass is 382 g/mol. The fraction of sp³-hybridized carbons (Fsp3) is 0.632. The van der Waals surface area contributed by atoms with E-state index in [1.165, 1.54) is 32.1 Å². The van der Waals surface area contributed by atoms with Crippen molar-refractivity contribution in [1.82, 2.24) is 10.0 Å². The number of nitrogens with one attached hydrogen (secondary N) is 2. The fourth-order valence-corrected chi connectivity index (χ4v) is 4.73. The lowest BCUT2D eigenvalue weighted by Crippen LogP contribution is -2.31. The van der Waals surface area contributed by atoms with Crippen LogP contribution in [0.25, 0.3) is 0 Å². The van der Waals surface area contributed by atoms with Gasteiger partial charge in [0.1, 0.15) is 6.54 Å². The summed E-state index contributed by atoms with van der Waals surface area (Å²) in [6.07, 6.45) is 7.81. The Bertz CT molecular complexity index is 685. The minimum absolute atomic E-state index is 0.213. The van der Waals surface area contributed by atoms with Crippen LogP contribution in [0.4, 0.5) is 0 Å². The van der Waals surface area contributed by atoms with Gasteiger partial charge < -0.3 is 10.4 Å². The number of benzene rings is 1. The van der Waals surface area contributed by atoms with Gasteiger partial charge in [0.2, 0.25) is 10.0 Å². The number of rotatable bonds is 10. The largest absolute Gasteiger partial charge is 0.480 e. The molecule has 1 fully saturated rings. The SMILES string of the molecule is CC(CC1CCCCC1)NCc1ccccc1CS(=O)(=O)NCC(=O)O. The Kier molecular flexibility index (Phi) is 8.06. The van der Waals surface area contributed by atoms with Crippen molar-refractivity contribution < 1.29 is 18.3 Å². The third kappa shape index (κ3) is 7.43. The highest BCUT2D eigenvalue weighted by Crippen LogP contribution is 2.27. The summed E-state index contributed by atoms with van der Waals surface area (Å²) in [5.41, 5.74) is 1.63. The Morgan fingerprint density at radius 3 is 2.50 bits per heavy atom. The van der Waals surface area contributed by atoms with Crippen LogP contribution in [0.1, 0.15) is 56.6 Å². The molecule has 0 amide bonds. The molecule has 1 atom stereocenters. The highest BCUT2D eigenvalue weighted by Gasteiger charge is 2.18. The van der Waals surface area contributed by atoms with E-state index in [1.54, 1.807) is 12.1 Å². The topological polar surface area (TPSA) is 95.5 Å². The lowest BCUT2D eigenvalue weighted by Gasteiger charge is -2.25. The van der Waals surface area contributed by atoms with Crippen LogP contribution in [0.5, 0.6) is 0 Å². The number of carbonyl (C=O) groups is 1. The molecule has 0 aromatic heterocycles. The van der Waals surface area contributed by atoms with Gasteiger partial charge in [0.25, 0.3) is 0 Å². The first-order valence-corrected chi connectivity index (χ1v) is 11.0. The van der Waals surface area contributed by atoms with Crippen LogP contribution < -0.4 is 10.0 Å². The lowest BCUT2D eigenvalue weighted by molar-refractivity contribution is -0.135. The first-order chi connectivity index (χ1) is 12.4. The van der Waals surface area contributed by atoms with Crippen LogP contribution >= 0.6 is 0 Å². The molecule has 0 radical (unpaired) electrons. The molecule has 0 spiro atoms. The molecule has 146 valence electrons. The van der Waals surface area contributed by atoms with E-state index >= 15 is 0 Å². The van der Waals surface area contributed by atoms with Gasteiger partial charge in [-0.25, -0.2) is 13.1 Å². The van der Waals surface area contributed by atoms with Gasteiger partial charge in [0.05, 0.1) is 5.75 Å². The summed E-state index contributed by atoms with van der Waals surface area (Å²) in [4.78, 5) is 10.6. The standard InChI is InChI=1S/C19H30N2O4S/c1-15(11-16-7-3-2-4-8-16)20-12-17-9-5-6-10-18(17)14-26(24,25)21-13-19(22)23/h5-6,9-10,15-16,20-21H,2-4,7-8,11-14H2,1H3,(H,22,23). The second kappa shape index (κ2) is 10.0. The third-order valence-electron chi connectivity index (χ3n) is 4.96. The Balaban J connectivity index is 1.90. The van der Waals surface area contributed by atoms with Crippen molar-refractivity contribution in [1.29, 1.82) is 0 Å². The van der Waals surface area contributed by atoms with Gasteiger partial charge in [0, 0.05) is 12.6 Å². The van der Waals surface area contributed by atoms with Crippen molar-refractivity contribution in [2.45, 2.75) is 63.8 Å². The number of hydrogen-bond acceptors (Lipinski definition) is 4. The summed E-state index contributed by atoms with van der Waals surface area (Å²) < 4.78 is 26.2. The second-order valence-corrected chi connectivity index (χ2v) is 9.07. The van der Waals surface area contributed by atoms with Gasteiger partial charge in [0.15, 0.2) is 0 Å². The lowest BCUT2D eigenvalue weighted by atomic mass is 9.85. The first kappa shape index (κ1) is 20.9. The maximum absolute atomic E-state index is 12.1. The summed E-state index contributed by atoms with van der Waals surface area (Å²) >= 11 is 0. The molecule has 1 unspecified atom stereocenters. The number of carboxylic acids is 1. The smallest absolute Gasteiger partial charge is 0.318 e. The third-order valence-corrected chi connectivity index (χ3v) is 6.24. The molecule has 0 saturated heterocycles. The van der Waals surface area contributed by atoms with Crippen molar-refractivity contribution in [2.75, 3.05) is 6.54 Å². The van der Waals surface area contributed by atoms with E-state index in [4.69, 9.17) is 5.11 Å². The normalized spacial score (nSPS) is 17.1. The van der Waals surface area contributed by atoms with Crippen LogP contribution in [-0.2, 0) is 27.1 Å². The quantitative estimate of drug-likeness (QED) is 0.578. The van der Waals surface area contributed by atoms with Crippen LogP contribution in [0.3, 0.4) is 0 Å². The molecule has 1 aliphatic carbocycles. The molecule has 1 aromatic rings. The van der Waals surface area contributed by atoms with E-state index in [1.807, 2.05) is 12.1 Å². The summed E-state index contributed by atoms with van der Waals surface area (Å²) in [5.74, 6) is -0.614. The van der Waals surface area contributed by atoms with E-state index in [9.17, 15) is 13.2 Å². The molecule has 1 aromatic carbocycles. The highest BCUT2D eigenvalue weighted by molar-refractivity contribution is 7.88. The zero-order valence-corrected chi connectivity index (χ0v) is 16.2. The van der Waals surface area contributed by atoms with Crippen molar-refractivity contribution >= 4 is 16.0 Å². The first-order valence-electron chi connectivity index (χ1n) is 9.35. The minimum atomic E-state index is -3.67. The molecule has 6 nitrogen and oxygen atoms in total. The summed E-state index contributed by atoms with van der Waals surface area (Å²) in [5, 5.41) is 12.2. The molecule has 0 aliphatic heterocycles. The van der Waals surface area contributed by atoms with Crippen LogP contribution in [0, 0.1) is 5.92 Å². The Morgan fingerprint density at radius 2 is 1.85 bits per heavy atom. The molecule has 26 heavy (non-hydrogen) atoms. The molecule has 1 saturated carbocycles. The van der Waals surface area contributed by atoms with E-state index in [0.717, 1.165) is 17.9 Å². The van der Waals surface area contributed by atoms with Crippen molar-refractivity contribution in [3.05, 3.63) is 35.4 Å². The summed E-state index contributed by atoms with van der Waals surface area (Å²) in [6, 6.07) is 7.78. The molecule has 0 bridgehead atoms. The predicted molar refractivity (Wildman–Crippen MR) is 102 cm³/mol. The second-order valence-electron chi connectivity index (χ2n) is 7.26. The Labute approximate surface area is 156 Å². The zero-order chi connectivity index (χ0) is 19.0. The van der Waals surface area contributed by atoms with Crippen LogP contribution in [-0.4, -0.2) is 32.1 Å². The number of aliphatic carboxylic acids is 1. The summed E-state index contributed by atoms with van der Waals surface area (Å²) in [6.45, 7) is 2.20. The molecule has 2 rings (SSSR count). The number of hydrogen-bond donors (Lipinski definition) is 3. The van der Waals surface area contributed by atoms with Gasteiger partial charge in [-0.15, -0.1) is 0 Å². The summed E-state index contributed by atoms with van der Waals surface area (Å²) in [7, 11) is -3.67. The van der Waals surface area contributed by atoms with Gasteiger partial charge in [-0.1, -0.05) is 56.4 Å². The molecular formula is C19H30N2O4S. The molecule has 3 N–H and O–H groups in total. The highest BCUT2D eigenvalue weighted by atomic mass is 32.2. The molecule has 1 aliphatic rings. The minimum Gasteiger partial charge on any atom is -0.480 e. The number of sulfonamides is 1. The van der Waals surface area contributed by atoms with E-state index in [-0.39, 0.29) is 5.75 Å². The fourth-order valence-electron chi connectivity index (χ4n) is 3.59. The average molecular weight is 383 g/mol. The van der Waals surface area contributed by atoms with Gasteiger partial charge in [-0.3, -0.25) is 4.79 Å². The average Bonchev–Trinajstić information content (AvgIpc) is 2.60. The molecule has 0 heterocycles. The van der Waals surface area contributed by atoms with Crippen molar-refractivity contribution in [3.63, 3.8) is 0 Å².